The Morgan fingerprint density at radius 2 is 2.06 bits per heavy atom. The van der Waals surface area contributed by atoms with Crippen LogP contribution in [-0.4, -0.2) is 37.1 Å². The van der Waals surface area contributed by atoms with E-state index in [0.717, 1.165) is 11.8 Å². The molecule has 0 aromatic rings. The minimum absolute atomic E-state index is 0.691. The molecule has 0 radical (unpaired) electrons. The van der Waals surface area contributed by atoms with Gasteiger partial charge in [0.05, 0.1) is 0 Å². The molecule has 0 aromatic heterocycles. The first-order valence-corrected chi connectivity index (χ1v) is 7.58. The third-order valence-electron chi connectivity index (χ3n) is 3.95. The monoisotopic (exact) mass is 240 g/mol. The third kappa shape index (κ3) is 5.87. The molecule has 0 bridgehead atoms. The van der Waals surface area contributed by atoms with Crippen LogP contribution in [0.15, 0.2) is 0 Å². The number of rotatable bonds is 7. The van der Waals surface area contributed by atoms with Crippen molar-refractivity contribution in [3.63, 3.8) is 0 Å². The first-order chi connectivity index (χ1) is 8.13. The molecule has 1 fully saturated rings. The van der Waals surface area contributed by atoms with Crippen LogP contribution in [0, 0.1) is 11.8 Å². The van der Waals surface area contributed by atoms with Crippen molar-refractivity contribution in [3.05, 3.63) is 0 Å². The molecule has 17 heavy (non-hydrogen) atoms. The number of piperidine rings is 1. The van der Waals surface area contributed by atoms with Crippen LogP contribution in [-0.2, 0) is 0 Å². The van der Waals surface area contributed by atoms with Crippen LogP contribution in [0.5, 0.6) is 0 Å². The van der Waals surface area contributed by atoms with Crippen molar-refractivity contribution in [2.45, 2.75) is 59.4 Å². The highest BCUT2D eigenvalue weighted by Crippen LogP contribution is 2.16. The summed E-state index contributed by atoms with van der Waals surface area (Å²) < 4.78 is 0. The van der Waals surface area contributed by atoms with E-state index in [9.17, 15) is 0 Å². The van der Waals surface area contributed by atoms with E-state index in [1.54, 1.807) is 0 Å². The largest absolute Gasteiger partial charge is 0.316 e. The number of hydrogen-bond donors (Lipinski definition) is 1. The second-order valence-electron chi connectivity index (χ2n) is 6.15. The van der Waals surface area contributed by atoms with Crippen molar-refractivity contribution in [2.75, 3.05) is 26.2 Å². The Morgan fingerprint density at radius 3 is 2.59 bits per heavy atom. The first kappa shape index (κ1) is 15.0. The van der Waals surface area contributed by atoms with Gasteiger partial charge >= 0.3 is 0 Å². The van der Waals surface area contributed by atoms with E-state index in [1.807, 2.05) is 0 Å². The van der Waals surface area contributed by atoms with Crippen LogP contribution in [0.4, 0.5) is 0 Å². The topological polar surface area (TPSA) is 15.3 Å². The van der Waals surface area contributed by atoms with Gasteiger partial charge in [-0.1, -0.05) is 20.3 Å². The highest BCUT2D eigenvalue weighted by molar-refractivity contribution is 4.75. The highest BCUT2D eigenvalue weighted by atomic mass is 15.2. The molecule has 0 amide bonds. The van der Waals surface area contributed by atoms with E-state index in [4.69, 9.17) is 0 Å². The summed E-state index contributed by atoms with van der Waals surface area (Å²) in [5.74, 6) is 1.72. The van der Waals surface area contributed by atoms with Crippen molar-refractivity contribution in [1.82, 2.24) is 10.2 Å². The summed E-state index contributed by atoms with van der Waals surface area (Å²) in [6, 6.07) is 0.691. The van der Waals surface area contributed by atoms with Crippen molar-refractivity contribution >= 4 is 0 Å². The summed E-state index contributed by atoms with van der Waals surface area (Å²) in [4.78, 5) is 2.69. The number of hydrogen-bond acceptors (Lipinski definition) is 2. The van der Waals surface area contributed by atoms with Crippen LogP contribution < -0.4 is 5.32 Å². The van der Waals surface area contributed by atoms with Crippen LogP contribution in [0.2, 0.25) is 0 Å². The van der Waals surface area contributed by atoms with Gasteiger partial charge in [0.25, 0.3) is 0 Å². The number of nitrogens with zero attached hydrogens (tertiary/aromatic N) is 1. The molecule has 2 unspecified atom stereocenters. The van der Waals surface area contributed by atoms with Crippen molar-refractivity contribution < 1.29 is 0 Å². The Hall–Kier alpha value is -0.0800. The molecular formula is C15H32N2. The van der Waals surface area contributed by atoms with Gasteiger partial charge in [-0.05, 0) is 58.0 Å². The Labute approximate surface area is 108 Å². The van der Waals surface area contributed by atoms with E-state index in [0.29, 0.717) is 6.04 Å². The molecule has 0 spiro atoms. The summed E-state index contributed by atoms with van der Waals surface area (Å²) in [5.41, 5.74) is 0. The summed E-state index contributed by atoms with van der Waals surface area (Å²) in [6.45, 7) is 14.4. The van der Waals surface area contributed by atoms with Gasteiger partial charge < -0.3 is 10.2 Å². The zero-order valence-electron chi connectivity index (χ0n) is 12.3. The predicted molar refractivity (Wildman–Crippen MR) is 76.4 cm³/mol. The summed E-state index contributed by atoms with van der Waals surface area (Å²) in [7, 11) is 0. The maximum absolute atomic E-state index is 3.53. The van der Waals surface area contributed by atoms with Gasteiger partial charge in [0.1, 0.15) is 0 Å². The maximum Gasteiger partial charge on any atom is 0.00388 e. The van der Waals surface area contributed by atoms with Crippen LogP contribution >= 0.6 is 0 Å². The molecule has 2 atom stereocenters. The molecule has 0 saturated carbocycles. The van der Waals surface area contributed by atoms with Crippen LogP contribution in [0.3, 0.4) is 0 Å². The Kier molecular flexibility index (Phi) is 7.14. The van der Waals surface area contributed by atoms with Gasteiger partial charge in [0.2, 0.25) is 0 Å². The van der Waals surface area contributed by atoms with E-state index < -0.39 is 0 Å². The lowest BCUT2D eigenvalue weighted by Crippen LogP contribution is -2.42. The van der Waals surface area contributed by atoms with E-state index >= 15 is 0 Å². The standard InChI is InChI=1S/C15H32N2/c1-5-7-14(4)11-17(13(2)3)12-15-8-6-9-16-10-15/h13-16H,5-12H2,1-4H3. The molecule has 0 aromatic carbocycles. The lowest BCUT2D eigenvalue weighted by Gasteiger charge is -2.34. The zero-order valence-corrected chi connectivity index (χ0v) is 12.3. The number of nitrogens with one attached hydrogen (secondary N) is 1. The van der Waals surface area contributed by atoms with Gasteiger partial charge in [-0.15, -0.1) is 0 Å². The molecule has 1 N–H and O–H groups in total. The van der Waals surface area contributed by atoms with Crippen LogP contribution in [0.25, 0.3) is 0 Å². The quantitative estimate of drug-likeness (QED) is 0.735. The van der Waals surface area contributed by atoms with E-state index in [-0.39, 0.29) is 0 Å². The second-order valence-corrected chi connectivity index (χ2v) is 6.15. The average Bonchev–Trinajstić information content (AvgIpc) is 2.29. The first-order valence-electron chi connectivity index (χ1n) is 7.58. The lowest BCUT2D eigenvalue weighted by atomic mass is 9.97. The van der Waals surface area contributed by atoms with Crippen molar-refractivity contribution in [2.24, 2.45) is 11.8 Å². The van der Waals surface area contributed by atoms with Gasteiger partial charge in [0, 0.05) is 19.1 Å². The fourth-order valence-electron chi connectivity index (χ4n) is 2.89. The Morgan fingerprint density at radius 1 is 1.29 bits per heavy atom. The lowest BCUT2D eigenvalue weighted by molar-refractivity contribution is 0.148. The Bertz CT molecular complexity index is 185. The molecule has 1 aliphatic rings. The minimum Gasteiger partial charge on any atom is -0.316 e. The SMILES string of the molecule is CCCC(C)CN(CC1CCCNC1)C(C)C. The van der Waals surface area contributed by atoms with Crippen molar-refractivity contribution in [3.8, 4) is 0 Å². The fourth-order valence-corrected chi connectivity index (χ4v) is 2.89. The molecule has 1 saturated heterocycles. The average molecular weight is 240 g/mol. The van der Waals surface area contributed by atoms with Gasteiger partial charge in [-0.2, -0.15) is 0 Å². The molecule has 2 heteroatoms. The smallest absolute Gasteiger partial charge is 0.00388 e. The molecule has 2 nitrogen and oxygen atoms in total. The molecule has 1 rings (SSSR count). The molecule has 1 heterocycles. The Balaban J connectivity index is 2.36. The van der Waals surface area contributed by atoms with Gasteiger partial charge in [0.15, 0.2) is 0 Å². The molecule has 102 valence electrons. The molecule has 1 aliphatic heterocycles. The van der Waals surface area contributed by atoms with Gasteiger partial charge in [-0.25, -0.2) is 0 Å². The zero-order chi connectivity index (χ0) is 12.7. The highest BCUT2D eigenvalue weighted by Gasteiger charge is 2.20. The minimum atomic E-state index is 0.691. The third-order valence-corrected chi connectivity index (χ3v) is 3.95. The second kappa shape index (κ2) is 8.10. The van der Waals surface area contributed by atoms with Crippen LogP contribution in [0.1, 0.15) is 53.4 Å². The predicted octanol–water partition coefficient (Wildman–Crippen LogP) is 3.13. The molecular weight excluding hydrogens is 208 g/mol. The van der Waals surface area contributed by atoms with Gasteiger partial charge in [-0.3, -0.25) is 0 Å². The van der Waals surface area contributed by atoms with E-state index in [2.05, 4.69) is 37.9 Å². The molecule has 0 aliphatic carbocycles. The fraction of sp³-hybridized carbons (Fsp3) is 1.00. The van der Waals surface area contributed by atoms with E-state index in [1.165, 1.54) is 51.9 Å². The summed E-state index contributed by atoms with van der Waals surface area (Å²) in [5, 5.41) is 3.53. The normalized spacial score (nSPS) is 23.3. The summed E-state index contributed by atoms with van der Waals surface area (Å²) >= 11 is 0. The maximum atomic E-state index is 3.53. The van der Waals surface area contributed by atoms with Crippen molar-refractivity contribution in [1.29, 1.82) is 0 Å². The summed E-state index contributed by atoms with van der Waals surface area (Å²) in [6.07, 6.45) is 5.46.